The number of likely N-dealkylation sites (tertiary alicyclic amines) is 1. The van der Waals surface area contributed by atoms with Crippen LogP contribution in [0, 0.1) is 28.6 Å². The van der Waals surface area contributed by atoms with Gasteiger partial charge in [-0.2, -0.15) is 0 Å². The van der Waals surface area contributed by atoms with E-state index in [1.807, 2.05) is 0 Å². The van der Waals surface area contributed by atoms with E-state index in [-0.39, 0.29) is 6.23 Å². The Morgan fingerprint density at radius 1 is 0.905 bits per heavy atom. The molecule has 120 valence electrons. The first-order valence-corrected chi connectivity index (χ1v) is 9.36. The second-order valence-corrected chi connectivity index (χ2v) is 9.25. The maximum Gasteiger partial charge on any atom is 0.107 e. The largest absolute Gasteiger partial charge is 0.378 e. The standard InChI is InChI=1S/C19H33NO/c1-18-10-4-5-14(18)13-6-7-16-19(2,15(13)8-11-18)12-9-17(21)20(16)3/h13-17,21H,4-12H2,1-3H3/t13?,14?,15?,16?,17?,18-,19+/m0/s1. The van der Waals surface area contributed by atoms with Crippen LogP contribution >= 0.6 is 0 Å². The van der Waals surface area contributed by atoms with Gasteiger partial charge in [-0.25, -0.2) is 0 Å². The van der Waals surface area contributed by atoms with Crippen LogP contribution in [0.2, 0.25) is 0 Å². The summed E-state index contributed by atoms with van der Waals surface area (Å²) in [6, 6.07) is 0.619. The van der Waals surface area contributed by atoms with Gasteiger partial charge in [0.25, 0.3) is 0 Å². The number of aliphatic hydroxyl groups excluding tert-OH is 1. The molecule has 5 unspecified atom stereocenters. The third-order valence-electron chi connectivity index (χ3n) is 8.50. The Bertz CT molecular complexity index is 424. The van der Waals surface area contributed by atoms with Crippen molar-refractivity contribution in [1.82, 2.24) is 4.90 Å². The molecule has 3 aliphatic carbocycles. The monoisotopic (exact) mass is 291 g/mol. The summed E-state index contributed by atoms with van der Waals surface area (Å²) in [7, 11) is 2.16. The van der Waals surface area contributed by atoms with Gasteiger partial charge in [-0.3, -0.25) is 4.90 Å². The average molecular weight is 291 g/mol. The molecule has 4 aliphatic rings. The Morgan fingerprint density at radius 2 is 1.71 bits per heavy atom. The van der Waals surface area contributed by atoms with Crippen molar-refractivity contribution in [2.45, 2.75) is 83.9 Å². The number of nitrogens with zero attached hydrogens (tertiary/aromatic N) is 1. The summed E-state index contributed by atoms with van der Waals surface area (Å²) < 4.78 is 0. The third-order valence-corrected chi connectivity index (χ3v) is 8.50. The minimum Gasteiger partial charge on any atom is -0.378 e. The zero-order valence-corrected chi connectivity index (χ0v) is 14.1. The molecule has 1 saturated heterocycles. The van der Waals surface area contributed by atoms with Gasteiger partial charge in [-0.1, -0.05) is 20.3 Å². The Balaban J connectivity index is 1.64. The van der Waals surface area contributed by atoms with Crippen LogP contribution in [0.15, 0.2) is 0 Å². The molecule has 4 fully saturated rings. The van der Waals surface area contributed by atoms with Crippen LogP contribution in [0.3, 0.4) is 0 Å². The van der Waals surface area contributed by atoms with Gasteiger partial charge in [-0.15, -0.1) is 0 Å². The zero-order valence-electron chi connectivity index (χ0n) is 14.1. The molecule has 21 heavy (non-hydrogen) atoms. The molecule has 1 heterocycles. The highest BCUT2D eigenvalue weighted by Crippen LogP contribution is 2.64. The maximum absolute atomic E-state index is 10.2. The molecule has 3 saturated carbocycles. The van der Waals surface area contributed by atoms with Crippen molar-refractivity contribution in [3.63, 3.8) is 0 Å². The van der Waals surface area contributed by atoms with E-state index in [2.05, 4.69) is 25.8 Å². The number of rotatable bonds is 0. The molecule has 0 bridgehead atoms. The van der Waals surface area contributed by atoms with Crippen molar-refractivity contribution in [3.05, 3.63) is 0 Å². The topological polar surface area (TPSA) is 23.5 Å². The summed E-state index contributed by atoms with van der Waals surface area (Å²) in [4.78, 5) is 2.31. The van der Waals surface area contributed by atoms with E-state index >= 15 is 0 Å². The minimum absolute atomic E-state index is 0.194. The second kappa shape index (κ2) is 4.71. The van der Waals surface area contributed by atoms with Crippen molar-refractivity contribution >= 4 is 0 Å². The lowest BCUT2D eigenvalue weighted by atomic mass is 9.47. The minimum atomic E-state index is -0.194. The van der Waals surface area contributed by atoms with Crippen LogP contribution < -0.4 is 0 Å². The smallest absolute Gasteiger partial charge is 0.107 e. The molecule has 1 aliphatic heterocycles. The molecule has 2 nitrogen and oxygen atoms in total. The van der Waals surface area contributed by atoms with Gasteiger partial charge in [0.15, 0.2) is 0 Å². The van der Waals surface area contributed by atoms with Crippen molar-refractivity contribution in [1.29, 1.82) is 0 Å². The lowest BCUT2D eigenvalue weighted by Crippen LogP contribution is -2.62. The van der Waals surface area contributed by atoms with Crippen LogP contribution in [0.5, 0.6) is 0 Å². The fraction of sp³-hybridized carbons (Fsp3) is 1.00. The number of hydrogen-bond donors (Lipinski definition) is 1. The van der Waals surface area contributed by atoms with Gasteiger partial charge in [0, 0.05) is 6.04 Å². The summed E-state index contributed by atoms with van der Waals surface area (Å²) in [6.45, 7) is 5.15. The highest BCUT2D eigenvalue weighted by atomic mass is 16.3. The van der Waals surface area contributed by atoms with Crippen molar-refractivity contribution in [2.75, 3.05) is 7.05 Å². The number of fused-ring (bicyclic) bond motifs is 5. The van der Waals surface area contributed by atoms with Crippen LogP contribution in [0.25, 0.3) is 0 Å². The van der Waals surface area contributed by atoms with Crippen LogP contribution in [-0.4, -0.2) is 29.3 Å². The van der Waals surface area contributed by atoms with Crippen molar-refractivity contribution < 1.29 is 5.11 Å². The van der Waals surface area contributed by atoms with Crippen molar-refractivity contribution in [2.24, 2.45) is 28.6 Å². The summed E-state index contributed by atoms with van der Waals surface area (Å²) in [6.07, 6.45) is 12.1. The Labute approximate surface area is 130 Å². The van der Waals surface area contributed by atoms with E-state index in [4.69, 9.17) is 0 Å². The molecule has 0 aromatic carbocycles. The molecular weight excluding hydrogens is 258 g/mol. The van der Waals surface area contributed by atoms with Gasteiger partial charge in [0.2, 0.25) is 0 Å². The number of aliphatic hydroxyl groups is 1. The lowest BCUT2D eigenvalue weighted by molar-refractivity contribution is -0.165. The molecule has 1 N–H and O–H groups in total. The Hall–Kier alpha value is -0.0800. The molecule has 0 aromatic rings. The van der Waals surface area contributed by atoms with Gasteiger partial charge < -0.3 is 5.11 Å². The van der Waals surface area contributed by atoms with E-state index in [0.717, 1.165) is 24.2 Å². The predicted molar refractivity (Wildman–Crippen MR) is 85.8 cm³/mol. The third kappa shape index (κ3) is 1.91. The van der Waals surface area contributed by atoms with Gasteiger partial charge >= 0.3 is 0 Å². The zero-order chi connectivity index (χ0) is 14.8. The normalized spacial score (nSPS) is 57.4. The van der Waals surface area contributed by atoms with E-state index in [1.54, 1.807) is 0 Å². The molecule has 2 heteroatoms. The Morgan fingerprint density at radius 3 is 2.52 bits per heavy atom. The summed E-state index contributed by atoms with van der Waals surface area (Å²) in [5.41, 5.74) is 1.13. The number of piperidine rings is 1. The highest BCUT2D eigenvalue weighted by molar-refractivity contribution is 5.09. The molecule has 0 aromatic heterocycles. The molecule has 0 spiro atoms. The molecule has 4 rings (SSSR count). The second-order valence-electron chi connectivity index (χ2n) is 9.25. The predicted octanol–water partition coefficient (Wildman–Crippen LogP) is 4.03. The molecule has 7 atom stereocenters. The fourth-order valence-electron chi connectivity index (χ4n) is 7.30. The quantitative estimate of drug-likeness (QED) is 0.728. The first kappa shape index (κ1) is 14.5. The van der Waals surface area contributed by atoms with E-state index in [1.165, 1.54) is 51.4 Å². The lowest BCUT2D eigenvalue weighted by Gasteiger charge is -2.62. The molecule has 0 amide bonds. The van der Waals surface area contributed by atoms with Crippen LogP contribution in [0.4, 0.5) is 0 Å². The highest BCUT2D eigenvalue weighted by Gasteiger charge is 2.58. The van der Waals surface area contributed by atoms with Gasteiger partial charge in [0.05, 0.1) is 0 Å². The summed E-state index contributed by atoms with van der Waals surface area (Å²) in [5.74, 6) is 2.91. The van der Waals surface area contributed by atoms with Crippen LogP contribution in [-0.2, 0) is 0 Å². The van der Waals surface area contributed by atoms with E-state index < -0.39 is 0 Å². The van der Waals surface area contributed by atoms with E-state index in [0.29, 0.717) is 16.9 Å². The molecular formula is C19H33NO. The summed E-state index contributed by atoms with van der Waals surface area (Å²) >= 11 is 0. The first-order chi connectivity index (χ1) is 9.96. The Kier molecular flexibility index (Phi) is 3.25. The van der Waals surface area contributed by atoms with Crippen LogP contribution in [0.1, 0.15) is 71.6 Å². The maximum atomic E-state index is 10.2. The molecule has 0 radical (unpaired) electrons. The summed E-state index contributed by atoms with van der Waals surface area (Å²) in [5, 5.41) is 10.2. The van der Waals surface area contributed by atoms with Gasteiger partial charge in [-0.05, 0) is 87.0 Å². The van der Waals surface area contributed by atoms with Crippen molar-refractivity contribution in [3.8, 4) is 0 Å². The first-order valence-electron chi connectivity index (χ1n) is 9.36. The fourth-order valence-corrected chi connectivity index (χ4v) is 7.30. The van der Waals surface area contributed by atoms with E-state index in [9.17, 15) is 5.11 Å². The number of hydrogen-bond acceptors (Lipinski definition) is 2. The van der Waals surface area contributed by atoms with Gasteiger partial charge in [0.1, 0.15) is 6.23 Å². The SMILES string of the molecule is CN1C(O)CC[C@]2(C)C3CC[C@]4(C)CCCC4C3CCC12. The average Bonchev–Trinajstić information content (AvgIpc) is 2.85.